The van der Waals surface area contributed by atoms with Gasteiger partial charge in [0.2, 0.25) is 11.8 Å². The highest BCUT2D eigenvalue weighted by atomic mass is 16.2. The molecule has 3 rings (SSSR count). The second kappa shape index (κ2) is 5.01. The van der Waals surface area contributed by atoms with Crippen LogP contribution < -0.4 is 16.0 Å². The van der Waals surface area contributed by atoms with E-state index in [4.69, 9.17) is 0 Å². The van der Waals surface area contributed by atoms with E-state index in [0.717, 1.165) is 36.3 Å². The van der Waals surface area contributed by atoms with Gasteiger partial charge < -0.3 is 16.0 Å². The van der Waals surface area contributed by atoms with Crippen molar-refractivity contribution in [2.45, 2.75) is 19.4 Å². The maximum Gasteiger partial charge on any atom is 0.228 e. The largest absolute Gasteiger partial charge is 0.352 e. The van der Waals surface area contributed by atoms with E-state index in [-0.39, 0.29) is 17.7 Å². The predicted molar refractivity (Wildman–Crippen MR) is 71.6 cm³/mol. The summed E-state index contributed by atoms with van der Waals surface area (Å²) < 4.78 is 0. The molecule has 2 aliphatic heterocycles. The fourth-order valence-electron chi connectivity index (χ4n) is 2.60. The molecule has 0 aliphatic carbocycles. The standard InChI is InChI=1S/C14H17N3O2/c18-13-6-11-5-9(1-2-12(11)17-13)7-16-14(19)10-3-4-15-8-10/h1-2,5,10,15H,3-4,6-8H2,(H,16,19)(H,17,18). The minimum absolute atomic E-state index is 0.0354. The molecule has 1 saturated heterocycles. The van der Waals surface area contributed by atoms with Gasteiger partial charge in [-0.2, -0.15) is 0 Å². The van der Waals surface area contributed by atoms with Crippen LogP contribution in [0.1, 0.15) is 17.5 Å². The SMILES string of the molecule is O=C1Cc2cc(CNC(=O)C3CCNC3)ccc2N1. The summed E-state index contributed by atoms with van der Waals surface area (Å²) in [6.07, 6.45) is 1.35. The van der Waals surface area contributed by atoms with E-state index in [1.54, 1.807) is 0 Å². The molecule has 3 N–H and O–H groups in total. The molecule has 1 fully saturated rings. The molecule has 1 aromatic carbocycles. The molecule has 0 saturated carbocycles. The van der Waals surface area contributed by atoms with Crippen molar-refractivity contribution in [1.82, 2.24) is 10.6 Å². The highest BCUT2D eigenvalue weighted by Crippen LogP contribution is 2.23. The van der Waals surface area contributed by atoms with E-state index in [2.05, 4.69) is 16.0 Å². The molecule has 1 unspecified atom stereocenters. The summed E-state index contributed by atoms with van der Waals surface area (Å²) >= 11 is 0. The number of anilines is 1. The maximum absolute atomic E-state index is 11.9. The maximum atomic E-state index is 11.9. The highest BCUT2D eigenvalue weighted by Gasteiger charge is 2.22. The summed E-state index contributed by atoms with van der Waals surface area (Å²) in [6.45, 7) is 2.22. The van der Waals surface area contributed by atoms with Crippen LogP contribution >= 0.6 is 0 Å². The normalized spacial score (nSPS) is 21.1. The summed E-state index contributed by atoms with van der Waals surface area (Å²) in [6, 6.07) is 5.83. The molecule has 0 bridgehead atoms. The van der Waals surface area contributed by atoms with Crippen molar-refractivity contribution < 1.29 is 9.59 Å². The van der Waals surface area contributed by atoms with Crippen molar-refractivity contribution in [3.63, 3.8) is 0 Å². The van der Waals surface area contributed by atoms with Gasteiger partial charge in [-0.25, -0.2) is 0 Å². The number of hydrogen-bond acceptors (Lipinski definition) is 3. The Labute approximate surface area is 111 Å². The zero-order valence-electron chi connectivity index (χ0n) is 10.7. The average Bonchev–Trinajstić information content (AvgIpc) is 3.03. The second-order valence-corrected chi connectivity index (χ2v) is 5.12. The van der Waals surface area contributed by atoms with Crippen LogP contribution in [0.4, 0.5) is 5.69 Å². The number of fused-ring (bicyclic) bond motifs is 1. The Morgan fingerprint density at radius 3 is 3.11 bits per heavy atom. The Kier molecular flexibility index (Phi) is 3.21. The van der Waals surface area contributed by atoms with Crippen LogP contribution in [0.25, 0.3) is 0 Å². The van der Waals surface area contributed by atoms with Crippen LogP contribution in [-0.2, 0) is 22.6 Å². The summed E-state index contributed by atoms with van der Waals surface area (Å²) in [5, 5.41) is 8.94. The Hall–Kier alpha value is -1.88. The van der Waals surface area contributed by atoms with Gasteiger partial charge in [-0.3, -0.25) is 9.59 Å². The van der Waals surface area contributed by atoms with Gasteiger partial charge in [0, 0.05) is 18.8 Å². The monoisotopic (exact) mass is 259 g/mol. The number of carbonyl (C=O) groups excluding carboxylic acids is 2. The van der Waals surface area contributed by atoms with Gasteiger partial charge in [-0.1, -0.05) is 12.1 Å². The minimum Gasteiger partial charge on any atom is -0.352 e. The van der Waals surface area contributed by atoms with Gasteiger partial charge in [-0.15, -0.1) is 0 Å². The second-order valence-electron chi connectivity index (χ2n) is 5.12. The van der Waals surface area contributed by atoms with Crippen molar-refractivity contribution in [1.29, 1.82) is 0 Å². The van der Waals surface area contributed by atoms with E-state index >= 15 is 0 Å². The molecule has 2 heterocycles. The lowest BCUT2D eigenvalue weighted by molar-refractivity contribution is -0.124. The summed E-state index contributed by atoms with van der Waals surface area (Å²) in [5.74, 6) is 0.241. The Morgan fingerprint density at radius 2 is 2.32 bits per heavy atom. The quantitative estimate of drug-likeness (QED) is 0.736. The molecule has 5 heteroatoms. The summed E-state index contributed by atoms with van der Waals surface area (Å²) in [7, 11) is 0. The first-order valence-corrected chi connectivity index (χ1v) is 6.62. The first-order chi connectivity index (χ1) is 9.22. The molecule has 19 heavy (non-hydrogen) atoms. The fourth-order valence-corrected chi connectivity index (χ4v) is 2.60. The van der Waals surface area contributed by atoms with Crippen molar-refractivity contribution in [3.05, 3.63) is 29.3 Å². The molecule has 0 radical (unpaired) electrons. The van der Waals surface area contributed by atoms with Crippen molar-refractivity contribution >= 4 is 17.5 Å². The van der Waals surface area contributed by atoms with Gasteiger partial charge >= 0.3 is 0 Å². The van der Waals surface area contributed by atoms with Crippen LogP contribution in [0.15, 0.2) is 18.2 Å². The fraction of sp³-hybridized carbons (Fsp3) is 0.429. The van der Waals surface area contributed by atoms with Crippen LogP contribution in [0.3, 0.4) is 0 Å². The third kappa shape index (κ3) is 2.61. The Morgan fingerprint density at radius 1 is 1.42 bits per heavy atom. The molecule has 1 atom stereocenters. The van der Waals surface area contributed by atoms with Gasteiger partial charge in [0.15, 0.2) is 0 Å². The summed E-state index contributed by atoms with van der Waals surface area (Å²) in [4.78, 5) is 23.2. The Bertz CT molecular complexity index is 521. The van der Waals surface area contributed by atoms with Gasteiger partial charge in [-0.05, 0) is 30.2 Å². The van der Waals surface area contributed by atoms with E-state index in [1.807, 2.05) is 18.2 Å². The van der Waals surface area contributed by atoms with E-state index in [0.29, 0.717) is 13.0 Å². The molecule has 100 valence electrons. The topological polar surface area (TPSA) is 70.2 Å². The van der Waals surface area contributed by atoms with E-state index < -0.39 is 0 Å². The molecule has 0 spiro atoms. The third-order valence-electron chi connectivity index (χ3n) is 3.69. The van der Waals surface area contributed by atoms with Crippen molar-refractivity contribution in [2.75, 3.05) is 18.4 Å². The summed E-state index contributed by atoms with van der Waals surface area (Å²) in [5.41, 5.74) is 2.94. The smallest absolute Gasteiger partial charge is 0.228 e. The molecule has 0 aromatic heterocycles. The van der Waals surface area contributed by atoms with Crippen LogP contribution in [0.5, 0.6) is 0 Å². The molecular formula is C14H17N3O2. The molecule has 2 aliphatic rings. The molecule has 5 nitrogen and oxygen atoms in total. The van der Waals surface area contributed by atoms with E-state index in [9.17, 15) is 9.59 Å². The van der Waals surface area contributed by atoms with Gasteiger partial charge in [0.1, 0.15) is 0 Å². The van der Waals surface area contributed by atoms with Crippen molar-refractivity contribution in [2.24, 2.45) is 5.92 Å². The zero-order chi connectivity index (χ0) is 13.2. The van der Waals surface area contributed by atoms with Gasteiger partial charge in [0.05, 0.1) is 12.3 Å². The lowest BCUT2D eigenvalue weighted by Gasteiger charge is -2.10. The molecular weight excluding hydrogens is 242 g/mol. The number of hydrogen-bond donors (Lipinski definition) is 3. The highest BCUT2D eigenvalue weighted by molar-refractivity contribution is 5.99. The zero-order valence-corrected chi connectivity index (χ0v) is 10.7. The van der Waals surface area contributed by atoms with Crippen LogP contribution in [-0.4, -0.2) is 24.9 Å². The van der Waals surface area contributed by atoms with Gasteiger partial charge in [0.25, 0.3) is 0 Å². The van der Waals surface area contributed by atoms with Crippen LogP contribution in [0.2, 0.25) is 0 Å². The van der Waals surface area contributed by atoms with Crippen molar-refractivity contribution in [3.8, 4) is 0 Å². The average molecular weight is 259 g/mol. The molecule has 2 amide bonds. The molecule has 1 aromatic rings. The first-order valence-electron chi connectivity index (χ1n) is 6.62. The lowest BCUT2D eigenvalue weighted by atomic mass is 10.1. The number of benzene rings is 1. The number of nitrogens with one attached hydrogen (secondary N) is 3. The lowest BCUT2D eigenvalue weighted by Crippen LogP contribution is -2.31. The number of amides is 2. The number of rotatable bonds is 3. The van der Waals surface area contributed by atoms with E-state index in [1.165, 1.54) is 0 Å². The predicted octanol–water partition coefficient (Wildman–Crippen LogP) is 0.407. The third-order valence-corrected chi connectivity index (χ3v) is 3.69. The minimum atomic E-state index is 0.0354. The van der Waals surface area contributed by atoms with Crippen LogP contribution in [0, 0.1) is 5.92 Å². The Balaban J connectivity index is 1.60. The number of carbonyl (C=O) groups is 2. The first kappa shape index (κ1) is 12.2.